The van der Waals surface area contributed by atoms with Crippen LogP contribution in [0.1, 0.15) is 17.5 Å². The van der Waals surface area contributed by atoms with Crippen LogP contribution >= 0.6 is 0 Å². The van der Waals surface area contributed by atoms with Crippen LogP contribution in [-0.2, 0) is 33.0 Å². The molecule has 0 atom stereocenters. The molecule has 0 aliphatic carbocycles. The maximum absolute atomic E-state index is 14.8. The van der Waals surface area contributed by atoms with E-state index in [1.54, 1.807) is 18.2 Å². The number of hydrogen-bond acceptors (Lipinski definition) is 7. The first-order chi connectivity index (χ1) is 18.1. The fraction of sp³-hybridized carbons (Fsp3) is 0.192. The molecular weight excluding hydrogens is 529 g/mol. The van der Waals surface area contributed by atoms with Crippen LogP contribution < -0.4 is 15.4 Å². The van der Waals surface area contributed by atoms with Crippen molar-refractivity contribution in [1.82, 2.24) is 8.96 Å². The van der Waals surface area contributed by atoms with E-state index in [4.69, 9.17) is 5.14 Å². The number of nitrogens with two attached hydrogens (primary N) is 1. The van der Waals surface area contributed by atoms with Gasteiger partial charge in [-0.05, 0) is 60.4 Å². The first-order valence-corrected chi connectivity index (χ1v) is 14.8. The second-order valence-electron chi connectivity index (χ2n) is 9.07. The molecule has 38 heavy (non-hydrogen) atoms. The summed E-state index contributed by atoms with van der Waals surface area (Å²) in [7, 11) is -6.29. The summed E-state index contributed by atoms with van der Waals surface area (Å²) in [6.07, 6.45) is 5.80. The van der Waals surface area contributed by atoms with Crippen LogP contribution in [0.3, 0.4) is 0 Å². The van der Waals surface area contributed by atoms with Crippen molar-refractivity contribution in [2.24, 2.45) is 5.14 Å². The molecule has 1 aliphatic heterocycles. The molecule has 0 amide bonds. The van der Waals surface area contributed by atoms with Crippen molar-refractivity contribution in [3.63, 3.8) is 0 Å². The van der Waals surface area contributed by atoms with Gasteiger partial charge in [0.05, 0.1) is 17.1 Å². The number of nitrogens with one attached hydrogen (secondary N) is 1. The highest BCUT2D eigenvalue weighted by Gasteiger charge is 2.26. The molecule has 0 bridgehead atoms. The van der Waals surface area contributed by atoms with E-state index in [1.165, 1.54) is 55.0 Å². The number of aryl methyl sites for hydroxylation is 1. The van der Waals surface area contributed by atoms with Gasteiger partial charge in [-0.3, -0.25) is 4.98 Å². The maximum Gasteiger partial charge on any atom is 0.269 e. The summed E-state index contributed by atoms with van der Waals surface area (Å²) >= 11 is 0. The van der Waals surface area contributed by atoms with Gasteiger partial charge in [-0.1, -0.05) is 18.2 Å². The number of aromatic nitrogens is 2. The number of sulfonamides is 1. The summed E-state index contributed by atoms with van der Waals surface area (Å²) in [5.41, 5.74) is 2.79. The third-order valence-corrected chi connectivity index (χ3v) is 9.11. The number of anilines is 2. The van der Waals surface area contributed by atoms with Gasteiger partial charge < -0.3 is 10.2 Å². The normalized spacial score (nSPS) is 13.8. The molecule has 0 radical (unpaired) electrons. The van der Waals surface area contributed by atoms with E-state index in [1.807, 2.05) is 11.9 Å². The average molecular weight is 556 g/mol. The Morgan fingerprint density at radius 1 is 1.08 bits per heavy atom. The zero-order valence-electron chi connectivity index (χ0n) is 20.5. The molecule has 2 aromatic carbocycles. The molecule has 198 valence electrons. The van der Waals surface area contributed by atoms with E-state index in [9.17, 15) is 21.2 Å². The molecule has 0 saturated heterocycles. The Labute approximate surface area is 220 Å². The van der Waals surface area contributed by atoms with Crippen molar-refractivity contribution in [1.29, 1.82) is 0 Å². The molecule has 5 rings (SSSR count). The van der Waals surface area contributed by atoms with Crippen molar-refractivity contribution in [3.05, 3.63) is 90.1 Å². The Balaban J connectivity index is 1.61. The van der Waals surface area contributed by atoms with E-state index in [2.05, 4.69) is 10.3 Å². The first-order valence-electron chi connectivity index (χ1n) is 11.8. The van der Waals surface area contributed by atoms with Gasteiger partial charge in [-0.2, -0.15) is 0 Å². The number of benzene rings is 2. The first kappa shape index (κ1) is 25.9. The highest BCUT2D eigenvalue weighted by Crippen LogP contribution is 2.39. The Morgan fingerprint density at radius 2 is 1.87 bits per heavy atom. The number of hydrogen-bond donors (Lipinski definition) is 2. The quantitative estimate of drug-likeness (QED) is 0.357. The molecule has 0 saturated carbocycles. The Morgan fingerprint density at radius 3 is 2.58 bits per heavy atom. The lowest BCUT2D eigenvalue weighted by Crippen LogP contribution is -2.27. The van der Waals surface area contributed by atoms with Crippen LogP contribution in [0.5, 0.6) is 0 Å². The lowest BCUT2D eigenvalue weighted by molar-refractivity contribution is 0.587. The average Bonchev–Trinajstić information content (AvgIpc) is 3.32. The topological polar surface area (TPSA) is 127 Å². The molecule has 1 aliphatic rings. The maximum atomic E-state index is 14.8. The minimum absolute atomic E-state index is 0.0528. The predicted octanol–water partition coefficient (Wildman–Crippen LogP) is 3.57. The fourth-order valence-corrected chi connectivity index (χ4v) is 6.81. The summed E-state index contributed by atoms with van der Waals surface area (Å²) in [5.74, 6) is -0.581. The van der Waals surface area contributed by atoms with Crippen molar-refractivity contribution in [2.75, 3.05) is 23.8 Å². The number of fused-ring (bicyclic) bond motifs is 1. The molecule has 2 aromatic heterocycles. The molecule has 12 heteroatoms. The molecule has 4 aromatic rings. The molecule has 9 nitrogen and oxygen atoms in total. The van der Waals surface area contributed by atoms with Crippen LogP contribution in [0.2, 0.25) is 0 Å². The van der Waals surface area contributed by atoms with Crippen molar-refractivity contribution in [3.8, 4) is 11.3 Å². The van der Waals surface area contributed by atoms with Crippen LogP contribution in [-0.4, -0.2) is 39.4 Å². The zero-order valence-corrected chi connectivity index (χ0v) is 22.1. The van der Waals surface area contributed by atoms with Crippen molar-refractivity contribution < 1.29 is 21.2 Å². The lowest BCUT2D eigenvalue weighted by atomic mass is 10.0. The van der Waals surface area contributed by atoms with Crippen LogP contribution in [0.4, 0.5) is 15.8 Å². The van der Waals surface area contributed by atoms with E-state index in [0.717, 1.165) is 34.6 Å². The number of nitrogens with zero attached hydrogens (tertiary/aromatic N) is 3. The van der Waals surface area contributed by atoms with Crippen LogP contribution in [0, 0.1) is 5.82 Å². The minimum atomic E-state index is -4.12. The van der Waals surface area contributed by atoms with Crippen LogP contribution in [0.25, 0.3) is 11.3 Å². The second kappa shape index (κ2) is 9.86. The van der Waals surface area contributed by atoms with Gasteiger partial charge in [0, 0.05) is 44.3 Å². The Bertz CT molecular complexity index is 1720. The Hall–Kier alpha value is -3.74. The highest BCUT2D eigenvalue weighted by molar-refractivity contribution is 7.90. The van der Waals surface area contributed by atoms with Crippen LogP contribution in [0.15, 0.2) is 83.0 Å². The SMILES string of the molecule is CN1CCCc2ccc(S(N)(=O)=O)c(NCc3cc(-c4ccccc4F)n(S(=O)(=O)c4cccnc4)c3)c21. The third kappa shape index (κ3) is 4.77. The highest BCUT2D eigenvalue weighted by atomic mass is 32.2. The second-order valence-corrected chi connectivity index (χ2v) is 12.4. The van der Waals surface area contributed by atoms with Gasteiger partial charge in [-0.15, -0.1) is 0 Å². The number of rotatable bonds is 7. The molecular formula is C26H26FN5O4S2. The van der Waals surface area contributed by atoms with Crippen molar-refractivity contribution >= 4 is 31.4 Å². The number of halogens is 1. The van der Waals surface area contributed by atoms with Gasteiger partial charge in [-0.25, -0.2) is 30.3 Å². The lowest BCUT2D eigenvalue weighted by Gasteiger charge is -2.31. The smallest absolute Gasteiger partial charge is 0.269 e. The molecule has 3 heterocycles. The number of pyridine rings is 1. The van der Waals surface area contributed by atoms with Crippen molar-refractivity contribution in [2.45, 2.75) is 29.2 Å². The molecule has 0 fully saturated rings. The monoisotopic (exact) mass is 555 g/mol. The minimum Gasteiger partial charge on any atom is -0.378 e. The van der Waals surface area contributed by atoms with Gasteiger partial charge >= 0.3 is 0 Å². The third-order valence-electron chi connectivity index (χ3n) is 6.50. The van der Waals surface area contributed by atoms with E-state index >= 15 is 0 Å². The van der Waals surface area contributed by atoms with Gasteiger partial charge in [0.1, 0.15) is 15.6 Å². The summed E-state index contributed by atoms with van der Waals surface area (Å²) in [4.78, 5) is 5.77. The zero-order chi connectivity index (χ0) is 27.1. The van der Waals surface area contributed by atoms with Gasteiger partial charge in [0.2, 0.25) is 10.0 Å². The summed E-state index contributed by atoms with van der Waals surface area (Å²) in [6.45, 7) is 0.802. The van der Waals surface area contributed by atoms with Gasteiger partial charge in [0.25, 0.3) is 10.0 Å². The molecule has 0 unspecified atom stereocenters. The number of primary sulfonamides is 1. The Kier molecular flexibility index (Phi) is 6.72. The van der Waals surface area contributed by atoms with Gasteiger partial charge in [0.15, 0.2) is 0 Å². The van der Waals surface area contributed by atoms with E-state index < -0.39 is 25.9 Å². The summed E-state index contributed by atoms with van der Waals surface area (Å²) in [6, 6.07) is 13.6. The largest absolute Gasteiger partial charge is 0.378 e. The van der Waals surface area contributed by atoms with E-state index in [0.29, 0.717) is 11.3 Å². The molecule has 0 spiro atoms. The fourth-order valence-electron chi connectivity index (χ4n) is 4.74. The molecule has 3 N–H and O–H groups in total. The van der Waals surface area contributed by atoms with E-state index in [-0.39, 0.29) is 27.6 Å². The summed E-state index contributed by atoms with van der Waals surface area (Å²) < 4.78 is 67.7. The predicted molar refractivity (Wildman–Crippen MR) is 143 cm³/mol. The summed E-state index contributed by atoms with van der Waals surface area (Å²) in [5, 5.41) is 8.71. The standard InChI is InChI=1S/C26H26FN5O4S2/c1-31-13-5-6-19-10-11-24(37(28,33)34)25(26(19)31)30-15-18-14-23(21-8-2-3-9-22(21)27)32(17-18)38(35,36)20-7-4-12-29-16-20/h2-4,7-12,14,16-17,30H,5-6,13,15H2,1H3,(H2,28,33,34).